The number of fused-ring (bicyclic) bond motifs is 2. The number of unbranched alkanes of at least 4 members (excludes halogenated alkanes) is 2. The van der Waals surface area contributed by atoms with E-state index < -0.39 is 46.9 Å². The number of carbonyl (C=O) groups excluding carboxylic acids is 1. The van der Waals surface area contributed by atoms with Gasteiger partial charge in [0.1, 0.15) is 16.7 Å². The smallest absolute Gasteiger partial charge is 0.294 e. The molecule has 0 atom stereocenters. The van der Waals surface area contributed by atoms with Crippen molar-refractivity contribution in [2.45, 2.75) is 87.0 Å². The van der Waals surface area contributed by atoms with Crippen molar-refractivity contribution in [1.29, 1.82) is 0 Å². The quantitative estimate of drug-likeness (QED) is 0.0728. The van der Waals surface area contributed by atoms with Crippen molar-refractivity contribution in [3.63, 3.8) is 0 Å². The lowest BCUT2D eigenvalue weighted by Crippen LogP contribution is -2.29. The summed E-state index contributed by atoms with van der Waals surface area (Å²) >= 11 is 0. The Hall–Kier alpha value is -5.25. The number of hydrogen-bond donors (Lipinski definition) is 3. The molecule has 6 rings (SSSR count). The van der Waals surface area contributed by atoms with E-state index in [2.05, 4.69) is 30.3 Å². The molecule has 324 valence electrons. The van der Waals surface area contributed by atoms with Crippen molar-refractivity contribution in [2.75, 3.05) is 23.7 Å². The molecule has 20 heteroatoms. The Morgan fingerprint density at radius 3 is 2.16 bits per heavy atom. The Labute approximate surface area is 355 Å². The van der Waals surface area contributed by atoms with Crippen LogP contribution in [0.25, 0.3) is 11.4 Å². The molecule has 3 heterocycles. The van der Waals surface area contributed by atoms with Gasteiger partial charge in [0, 0.05) is 66.0 Å². The summed E-state index contributed by atoms with van der Waals surface area (Å²) in [6, 6.07) is 16.0. The summed E-state index contributed by atoms with van der Waals surface area (Å²) in [6.45, 7) is 8.63. The number of benzene rings is 3. The predicted octanol–water partition coefficient (Wildman–Crippen LogP) is 4.85. The molecule has 0 saturated carbocycles. The van der Waals surface area contributed by atoms with E-state index in [0.29, 0.717) is 67.1 Å². The van der Waals surface area contributed by atoms with Crippen molar-refractivity contribution < 1.29 is 48.3 Å². The van der Waals surface area contributed by atoms with E-state index in [9.17, 15) is 43.7 Å². The number of anilines is 1. The van der Waals surface area contributed by atoms with Gasteiger partial charge in [0.2, 0.25) is 17.4 Å². The Morgan fingerprint density at radius 2 is 1.51 bits per heavy atom. The molecule has 3 N–H and O–H groups in total. The van der Waals surface area contributed by atoms with Gasteiger partial charge in [0.05, 0.1) is 21.0 Å². The maximum Gasteiger partial charge on any atom is 0.294 e. The van der Waals surface area contributed by atoms with Crippen molar-refractivity contribution >= 4 is 53.3 Å². The summed E-state index contributed by atoms with van der Waals surface area (Å²) in [7, 11) is -13.5. The second kappa shape index (κ2) is 17.6. The summed E-state index contributed by atoms with van der Waals surface area (Å²) in [4.78, 5) is 14.0. The number of nitrogens with zero attached hydrogens (tertiary/aromatic N) is 6. The number of rotatable bonds is 17. The minimum Gasteiger partial charge on any atom is -0.744 e. The first kappa shape index (κ1) is 45.3. The van der Waals surface area contributed by atoms with E-state index in [1.54, 1.807) is 12.1 Å². The lowest BCUT2D eigenvalue weighted by atomic mass is 9.81. The number of aromatic nitrogens is 4. The zero-order valence-corrected chi connectivity index (χ0v) is 36.5. The molecule has 0 aliphatic carbocycles. The molecule has 0 unspecified atom stereocenters. The van der Waals surface area contributed by atoms with Gasteiger partial charge in [-0.2, -0.15) is 21.4 Å². The number of nitrogens with one attached hydrogen (secondary N) is 1. The highest BCUT2D eigenvalue weighted by Crippen LogP contribution is 2.49. The monoisotopic (exact) mass is 893 g/mol. The van der Waals surface area contributed by atoms with Gasteiger partial charge in [0.15, 0.2) is 12.0 Å². The van der Waals surface area contributed by atoms with Crippen LogP contribution in [0.3, 0.4) is 0 Å². The first-order chi connectivity index (χ1) is 28.6. The van der Waals surface area contributed by atoms with Crippen LogP contribution in [0.15, 0.2) is 101 Å². The molecule has 0 saturated heterocycles. The van der Waals surface area contributed by atoms with Gasteiger partial charge in [-0.25, -0.2) is 8.42 Å². The maximum absolute atomic E-state index is 12.7. The second-order valence-corrected chi connectivity index (χ2v) is 20.3. The number of allylic oxidation sites excluding steroid dienone is 4. The van der Waals surface area contributed by atoms with E-state index in [1.165, 1.54) is 30.6 Å². The van der Waals surface area contributed by atoms with Crippen molar-refractivity contribution in [3.8, 4) is 11.4 Å². The van der Waals surface area contributed by atoms with Crippen LogP contribution in [0.5, 0.6) is 0 Å². The van der Waals surface area contributed by atoms with Crippen LogP contribution in [-0.4, -0.2) is 94.3 Å². The van der Waals surface area contributed by atoms with E-state index in [4.69, 9.17) is 0 Å². The van der Waals surface area contributed by atoms with Gasteiger partial charge in [-0.15, -0.1) is 20.4 Å². The normalized spacial score (nSPS) is 16.6. The van der Waals surface area contributed by atoms with Gasteiger partial charge < -0.3 is 14.8 Å². The molecule has 2 aliphatic rings. The third kappa shape index (κ3) is 10.4. The standard InChI is InChI=1S/C41H47N7O10S3/c1-40(2)32-24-30(60(53,54)55)17-19-34(32)47(21-7-5-6-12-38(49)42-26-28-13-15-29(16-14-28)39-45-43-27-44-46-39)36(40)10-8-11-37-41(3,4)33-25-31(61(56,57)58)18-20-35(33)48(37)22-9-23-59(50,51)52/h8,10-11,13-20,24-25,27H,5-7,9,12,21-23,26H2,1-4H3,(H3-,42,49,50,51,52,53,54,55,56,57,58). The first-order valence-electron chi connectivity index (χ1n) is 19.4. The molecular weight excluding hydrogens is 847 g/mol. The molecular formula is C41H47N7O10S3. The summed E-state index contributed by atoms with van der Waals surface area (Å²) in [5.41, 5.74) is 4.14. The average Bonchev–Trinajstić information content (AvgIpc) is 3.53. The highest BCUT2D eigenvalue weighted by Gasteiger charge is 2.45. The third-order valence-corrected chi connectivity index (χ3v) is 13.5. The molecule has 2 aliphatic heterocycles. The van der Waals surface area contributed by atoms with E-state index in [-0.39, 0.29) is 28.7 Å². The Morgan fingerprint density at radius 1 is 0.836 bits per heavy atom. The predicted molar refractivity (Wildman–Crippen MR) is 225 cm³/mol. The van der Waals surface area contributed by atoms with Crippen LogP contribution >= 0.6 is 0 Å². The molecule has 1 aromatic heterocycles. The van der Waals surface area contributed by atoms with E-state index in [0.717, 1.165) is 22.5 Å². The molecule has 0 spiro atoms. The molecule has 3 aromatic carbocycles. The van der Waals surface area contributed by atoms with Gasteiger partial charge in [-0.05, 0) is 80.6 Å². The lowest BCUT2D eigenvalue weighted by Gasteiger charge is -2.27. The molecule has 4 aromatic rings. The largest absolute Gasteiger partial charge is 0.744 e. The van der Waals surface area contributed by atoms with E-state index in [1.807, 2.05) is 75.1 Å². The maximum atomic E-state index is 12.7. The molecule has 17 nitrogen and oxygen atoms in total. The Balaban J connectivity index is 1.20. The zero-order chi connectivity index (χ0) is 44.4. The van der Waals surface area contributed by atoms with Crippen LogP contribution < -0.4 is 10.2 Å². The number of hydrogen-bond acceptors (Lipinski definition) is 13. The minimum atomic E-state index is -4.75. The minimum absolute atomic E-state index is 0.0607. The summed E-state index contributed by atoms with van der Waals surface area (Å²) in [5, 5.41) is 18.3. The Kier molecular flexibility index (Phi) is 13.1. The van der Waals surface area contributed by atoms with Crippen LogP contribution in [0.1, 0.15) is 76.5 Å². The number of amides is 1. The van der Waals surface area contributed by atoms with Crippen LogP contribution in [0.4, 0.5) is 11.4 Å². The van der Waals surface area contributed by atoms with Crippen molar-refractivity contribution in [3.05, 3.63) is 108 Å². The van der Waals surface area contributed by atoms with Crippen LogP contribution in [0.2, 0.25) is 0 Å². The highest BCUT2D eigenvalue weighted by molar-refractivity contribution is 7.86. The zero-order valence-electron chi connectivity index (χ0n) is 34.0. The molecule has 0 fully saturated rings. The Bertz CT molecular complexity index is 2760. The van der Waals surface area contributed by atoms with Gasteiger partial charge in [-0.1, -0.05) is 44.2 Å². The third-order valence-electron chi connectivity index (χ3n) is 11.0. The topological polar surface area (TPSA) is 253 Å². The fourth-order valence-corrected chi connectivity index (χ4v) is 9.35. The van der Waals surface area contributed by atoms with Crippen molar-refractivity contribution in [1.82, 2.24) is 25.7 Å². The fourth-order valence-electron chi connectivity index (χ4n) is 7.85. The average molecular weight is 894 g/mol. The SMILES string of the molecule is CC1(C)C(/C=C/C=C2/N(CCCS(=O)(=O)O)c3ccc(S(=O)(=O)O)cc3C2(C)C)=[N+](CCCCCC(=O)NCc2ccc(-c3nncnn3)cc2)c2ccc(S(=O)(=O)[O-])cc21. The molecule has 61 heavy (non-hydrogen) atoms. The van der Waals surface area contributed by atoms with Crippen molar-refractivity contribution in [2.24, 2.45) is 0 Å². The fraction of sp³-hybridized carbons (Fsp3) is 0.366. The van der Waals surface area contributed by atoms with Crippen LogP contribution in [0, 0.1) is 0 Å². The van der Waals surface area contributed by atoms with Crippen LogP contribution in [-0.2, 0) is 52.5 Å². The van der Waals surface area contributed by atoms with Gasteiger partial charge in [0.25, 0.3) is 20.2 Å². The van der Waals surface area contributed by atoms with E-state index >= 15 is 0 Å². The highest BCUT2D eigenvalue weighted by atomic mass is 32.2. The molecule has 0 bridgehead atoms. The molecule has 0 radical (unpaired) electrons. The second-order valence-electron chi connectivity index (χ2n) is 15.9. The first-order valence-corrected chi connectivity index (χ1v) is 23.9. The summed E-state index contributed by atoms with van der Waals surface area (Å²) < 4.78 is 105. The molecule has 1 amide bonds. The van der Waals surface area contributed by atoms with Gasteiger partial charge in [-0.3, -0.25) is 13.9 Å². The number of carbonyl (C=O) groups is 1. The van der Waals surface area contributed by atoms with Gasteiger partial charge >= 0.3 is 0 Å². The lowest BCUT2D eigenvalue weighted by molar-refractivity contribution is -0.438. The summed E-state index contributed by atoms with van der Waals surface area (Å²) in [6.07, 6.45) is 9.16. The summed E-state index contributed by atoms with van der Waals surface area (Å²) in [5.74, 6) is -0.184.